The second-order valence-electron chi connectivity index (χ2n) is 7.14. The number of hydrogen-bond acceptors (Lipinski definition) is 4. The molecule has 108 valence electrons. The molecular weight excluding hydrogens is 254 g/mol. The zero-order valence-electron chi connectivity index (χ0n) is 11.9. The quantitative estimate of drug-likeness (QED) is 0.887. The van der Waals surface area contributed by atoms with Crippen molar-refractivity contribution in [2.75, 3.05) is 0 Å². The Morgan fingerprint density at radius 2 is 1.85 bits per heavy atom. The van der Waals surface area contributed by atoms with Gasteiger partial charge in [-0.05, 0) is 66.7 Å². The Morgan fingerprint density at radius 3 is 2.35 bits per heavy atom. The van der Waals surface area contributed by atoms with Gasteiger partial charge in [0.05, 0.1) is 6.42 Å². The van der Waals surface area contributed by atoms with E-state index in [4.69, 9.17) is 0 Å². The number of hydrogen-bond donors (Lipinski definition) is 1. The Labute approximate surface area is 118 Å². The average molecular weight is 275 g/mol. The normalized spacial score (nSPS) is 38.1. The van der Waals surface area contributed by atoms with Gasteiger partial charge in [0.2, 0.25) is 5.91 Å². The second-order valence-corrected chi connectivity index (χ2v) is 7.14. The summed E-state index contributed by atoms with van der Waals surface area (Å²) in [6.07, 6.45) is 8.00. The molecule has 6 nitrogen and oxygen atoms in total. The molecule has 0 aliphatic heterocycles. The van der Waals surface area contributed by atoms with Crippen LogP contribution in [0.15, 0.2) is 0 Å². The van der Waals surface area contributed by atoms with Crippen molar-refractivity contribution in [3.8, 4) is 0 Å². The van der Waals surface area contributed by atoms with Gasteiger partial charge in [-0.15, -0.1) is 5.10 Å². The molecule has 1 aromatic heterocycles. The minimum Gasteiger partial charge on any atom is -0.350 e. The van der Waals surface area contributed by atoms with Crippen LogP contribution in [-0.4, -0.2) is 31.7 Å². The summed E-state index contributed by atoms with van der Waals surface area (Å²) in [6, 6.07) is 0. The van der Waals surface area contributed by atoms with Gasteiger partial charge in [-0.3, -0.25) is 4.79 Å². The fourth-order valence-electron chi connectivity index (χ4n) is 5.15. The highest BCUT2D eigenvalue weighted by Gasteiger charge is 2.51. The van der Waals surface area contributed by atoms with Crippen molar-refractivity contribution in [2.24, 2.45) is 24.8 Å². The van der Waals surface area contributed by atoms with Crippen molar-refractivity contribution in [3.05, 3.63) is 5.82 Å². The Bertz CT molecular complexity index is 502. The van der Waals surface area contributed by atoms with Crippen LogP contribution < -0.4 is 5.32 Å². The third-order valence-corrected chi connectivity index (χ3v) is 5.47. The van der Waals surface area contributed by atoms with Crippen LogP contribution in [0.1, 0.15) is 44.3 Å². The summed E-state index contributed by atoms with van der Waals surface area (Å²) in [4.78, 5) is 12.3. The van der Waals surface area contributed by atoms with Crippen molar-refractivity contribution in [1.29, 1.82) is 0 Å². The van der Waals surface area contributed by atoms with Crippen LogP contribution in [0.5, 0.6) is 0 Å². The Morgan fingerprint density at radius 1 is 1.25 bits per heavy atom. The van der Waals surface area contributed by atoms with E-state index in [0.717, 1.165) is 17.8 Å². The molecule has 0 atom stereocenters. The lowest BCUT2D eigenvalue weighted by atomic mass is 9.53. The van der Waals surface area contributed by atoms with E-state index in [-0.39, 0.29) is 17.9 Å². The molecule has 0 saturated heterocycles. The number of aromatic nitrogens is 4. The lowest BCUT2D eigenvalue weighted by molar-refractivity contribution is -0.126. The first-order valence-corrected chi connectivity index (χ1v) is 7.64. The summed E-state index contributed by atoms with van der Waals surface area (Å²) in [5.41, 5.74) is 0.0812. The lowest BCUT2D eigenvalue weighted by Gasteiger charge is -2.56. The van der Waals surface area contributed by atoms with E-state index in [2.05, 4.69) is 20.8 Å². The molecule has 4 aliphatic carbocycles. The number of nitrogens with one attached hydrogen (secondary N) is 1. The van der Waals surface area contributed by atoms with Crippen molar-refractivity contribution in [2.45, 2.75) is 50.5 Å². The van der Waals surface area contributed by atoms with Crippen LogP contribution in [0.4, 0.5) is 0 Å². The van der Waals surface area contributed by atoms with Gasteiger partial charge in [0, 0.05) is 12.6 Å². The fraction of sp³-hybridized carbons (Fsp3) is 0.857. The third-order valence-electron chi connectivity index (χ3n) is 5.47. The largest absolute Gasteiger partial charge is 0.350 e. The van der Waals surface area contributed by atoms with E-state index in [1.165, 1.54) is 38.5 Å². The van der Waals surface area contributed by atoms with Gasteiger partial charge >= 0.3 is 0 Å². The lowest BCUT2D eigenvalue weighted by Crippen LogP contribution is -2.60. The number of carbonyl (C=O) groups excluding carboxylic acids is 1. The molecule has 6 heteroatoms. The first-order valence-electron chi connectivity index (χ1n) is 7.64. The van der Waals surface area contributed by atoms with Crippen molar-refractivity contribution >= 4 is 5.91 Å². The molecule has 5 rings (SSSR count). The minimum absolute atomic E-state index is 0.0739. The second kappa shape index (κ2) is 4.27. The molecule has 20 heavy (non-hydrogen) atoms. The third kappa shape index (κ3) is 2.01. The van der Waals surface area contributed by atoms with E-state index < -0.39 is 0 Å². The Kier molecular flexibility index (Phi) is 2.62. The van der Waals surface area contributed by atoms with Gasteiger partial charge in [0.15, 0.2) is 5.82 Å². The first-order chi connectivity index (χ1) is 9.62. The van der Waals surface area contributed by atoms with Gasteiger partial charge in [-0.2, -0.15) is 0 Å². The molecule has 1 amide bonds. The van der Waals surface area contributed by atoms with Crippen LogP contribution >= 0.6 is 0 Å². The van der Waals surface area contributed by atoms with Crippen molar-refractivity contribution in [1.82, 2.24) is 25.5 Å². The zero-order valence-corrected chi connectivity index (χ0v) is 11.9. The monoisotopic (exact) mass is 275 g/mol. The highest BCUT2D eigenvalue weighted by Crippen LogP contribution is 2.55. The molecule has 1 N–H and O–H groups in total. The topological polar surface area (TPSA) is 72.7 Å². The fourth-order valence-corrected chi connectivity index (χ4v) is 5.15. The zero-order chi connectivity index (χ0) is 13.7. The maximum Gasteiger partial charge on any atom is 0.228 e. The van der Waals surface area contributed by atoms with E-state index in [9.17, 15) is 4.79 Å². The number of amides is 1. The highest BCUT2D eigenvalue weighted by molar-refractivity contribution is 5.78. The maximum absolute atomic E-state index is 12.3. The molecule has 4 fully saturated rings. The predicted octanol–water partition coefficient (Wildman–Crippen LogP) is 0.838. The van der Waals surface area contributed by atoms with Gasteiger partial charge in [0.25, 0.3) is 0 Å². The van der Waals surface area contributed by atoms with Gasteiger partial charge in [-0.25, -0.2) is 4.68 Å². The Balaban J connectivity index is 1.46. The van der Waals surface area contributed by atoms with Crippen LogP contribution in [0.2, 0.25) is 0 Å². The summed E-state index contributed by atoms with van der Waals surface area (Å²) < 4.78 is 1.57. The van der Waals surface area contributed by atoms with Crippen LogP contribution in [0.25, 0.3) is 0 Å². The summed E-state index contributed by atoms with van der Waals surface area (Å²) in [5.74, 6) is 3.24. The van der Waals surface area contributed by atoms with Crippen LogP contribution in [0, 0.1) is 17.8 Å². The summed E-state index contributed by atoms with van der Waals surface area (Å²) >= 11 is 0. The number of tetrazole rings is 1. The SMILES string of the molecule is Cn1nnnc1CC(=O)NC12CC3CC(CC(C3)C1)C2. The standard InChI is InChI=1S/C14H21N5O/c1-19-12(16-17-18-19)5-13(20)15-14-6-9-2-10(7-14)4-11(3-9)8-14/h9-11H,2-8H2,1H3,(H,15,20). The minimum atomic E-state index is 0.0739. The maximum atomic E-state index is 12.3. The van der Waals surface area contributed by atoms with E-state index in [1.54, 1.807) is 11.7 Å². The van der Waals surface area contributed by atoms with E-state index in [0.29, 0.717) is 5.82 Å². The van der Waals surface area contributed by atoms with Crippen molar-refractivity contribution < 1.29 is 4.79 Å². The molecule has 4 saturated carbocycles. The predicted molar refractivity (Wildman–Crippen MR) is 71.5 cm³/mol. The molecule has 0 radical (unpaired) electrons. The molecular formula is C14H21N5O. The number of nitrogens with zero attached hydrogens (tertiary/aromatic N) is 4. The van der Waals surface area contributed by atoms with Gasteiger partial charge in [-0.1, -0.05) is 0 Å². The van der Waals surface area contributed by atoms with E-state index in [1.807, 2.05) is 0 Å². The first kappa shape index (κ1) is 12.3. The molecule has 4 aliphatic rings. The van der Waals surface area contributed by atoms with E-state index >= 15 is 0 Å². The number of aryl methyl sites for hydroxylation is 1. The molecule has 0 unspecified atom stereocenters. The summed E-state index contributed by atoms with van der Waals surface area (Å²) in [5, 5.41) is 14.6. The molecule has 0 spiro atoms. The van der Waals surface area contributed by atoms with Crippen LogP contribution in [0.3, 0.4) is 0 Å². The number of rotatable bonds is 3. The van der Waals surface area contributed by atoms with Crippen molar-refractivity contribution in [3.63, 3.8) is 0 Å². The summed E-state index contributed by atoms with van der Waals surface area (Å²) in [6.45, 7) is 0. The van der Waals surface area contributed by atoms with Gasteiger partial charge < -0.3 is 5.32 Å². The summed E-state index contributed by atoms with van der Waals surface area (Å²) in [7, 11) is 1.77. The smallest absolute Gasteiger partial charge is 0.228 e. The highest BCUT2D eigenvalue weighted by atomic mass is 16.1. The Hall–Kier alpha value is -1.46. The molecule has 0 aromatic carbocycles. The average Bonchev–Trinajstić information content (AvgIpc) is 2.72. The molecule has 1 heterocycles. The number of carbonyl (C=O) groups is 1. The molecule has 4 bridgehead atoms. The van der Waals surface area contributed by atoms with Gasteiger partial charge in [0.1, 0.15) is 0 Å². The molecule has 1 aromatic rings. The van der Waals surface area contributed by atoms with Crippen LogP contribution in [-0.2, 0) is 18.3 Å².